The largest absolute Gasteiger partial charge is 0.379 e. The maximum Gasteiger partial charge on any atom is 0.0806 e. The molecule has 2 rings (SSSR count). The number of hydrogen-bond acceptors (Lipinski definition) is 2. The molecule has 1 aromatic rings. The van der Waals surface area contributed by atoms with Crippen LogP contribution in [0.15, 0.2) is 24.3 Å². The van der Waals surface area contributed by atoms with Crippen LogP contribution in [0, 0.1) is 0 Å². The lowest BCUT2D eigenvalue weighted by Gasteiger charge is -2.17. The van der Waals surface area contributed by atoms with Crippen LogP contribution in [-0.2, 0) is 11.2 Å². The summed E-state index contributed by atoms with van der Waals surface area (Å²) in [7, 11) is 3.76. The van der Waals surface area contributed by atoms with Crippen LogP contribution in [0.1, 0.15) is 17.2 Å². The Balaban J connectivity index is 2.34. The number of fused-ring (bicyclic) bond motifs is 1. The van der Waals surface area contributed by atoms with E-state index >= 15 is 0 Å². The highest BCUT2D eigenvalue weighted by atomic mass is 16.5. The SMILES string of the molecule is CN[C@@H]1c2ccccc2C[C@H]1OC. The summed E-state index contributed by atoms with van der Waals surface area (Å²) in [5.74, 6) is 0. The van der Waals surface area contributed by atoms with Gasteiger partial charge in [-0.2, -0.15) is 0 Å². The zero-order valence-corrected chi connectivity index (χ0v) is 8.08. The summed E-state index contributed by atoms with van der Waals surface area (Å²) in [6.07, 6.45) is 1.32. The fourth-order valence-electron chi connectivity index (χ4n) is 2.12. The van der Waals surface area contributed by atoms with Crippen molar-refractivity contribution < 1.29 is 4.74 Å². The average molecular weight is 177 g/mol. The molecule has 0 fully saturated rings. The molecule has 0 saturated carbocycles. The van der Waals surface area contributed by atoms with Crippen LogP contribution < -0.4 is 5.32 Å². The highest BCUT2D eigenvalue weighted by molar-refractivity contribution is 5.36. The maximum absolute atomic E-state index is 5.43. The Labute approximate surface area is 78.9 Å². The third kappa shape index (κ3) is 1.36. The van der Waals surface area contributed by atoms with Crippen LogP contribution >= 0.6 is 0 Å². The van der Waals surface area contributed by atoms with E-state index < -0.39 is 0 Å². The summed E-state index contributed by atoms with van der Waals surface area (Å²) in [5.41, 5.74) is 2.80. The zero-order chi connectivity index (χ0) is 9.26. The van der Waals surface area contributed by atoms with Gasteiger partial charge in [-0.3, -0.25) is 0 Å². The summed E-state index contributed by atoms with van der Waals surface area (Å²) in [4.78, 5) is 0. The molecular formula is C11H15NO. The minimum absolute atomic E-state index is 0.294. The fourth-order valence-corrected chi connectivity index (χ4v) is 2.12. The van der Waals surface area contributed by atoms with Crippen LogP contribution in [0.5, 0.6) is 0 Å². The molecule has 0 bridgehead atoms. The first-order valence-corrected chi connectivity index (χ1v) is 4.64. The van der Waals surface area contributed by atoms with E-state index in [0.29, 0.717) is 12.1 Å². The van der Waals surface area contributed by atoms with E-state index in [0.717, 1.165) is 6.42 Å². The number of benzene rings is 1. The molecule has 70 valence electrons. The second-order valence-corrected chi connectivity index (χ2v) is 3.44. The maximum atomic E-state index is 5.43. The molecule has 2 nitrogen and oxygen atoms in total. The van der Waals surface area contributed by atoms with E-state index in [1.54, 1.807) is 7.11 Å². The quantitative estimate of drug-likeness (QED) is 0.739. The van der Waals surface area contributed by atoms with Gasteiger partial charge in [0.1, 0.15) is 0 Å². The van der Waals surface area contributed by atoms with Crippen molar-refractivity contribution >= 4 is 0 Å². The summed E-state index contributed by atoms with van der Waals surface area (Å²) in [6.45, 7) is 0. The second kappa shape index (κ2) is 3.48. The standard InChI is InChI=1S/C11H15NO/c1-12-11-9-6-4-3-5-8(9)7-10(11)13-2/h3-6,10-12H,7H2,1-2H3/t10-,11-/m1/s1. The van der Waals surface area contributed by atoms with Gasteiger partial charge in [-0.25, -0.2) is 0 Å². The Hall–Kier alpha value is -0.860. The highest BCUT2D eigenvalue weighted by Crippen LogP contribution is 2.32. The summed E-state index contributed by atoms with van der Waals surface area (Å²) >= 11 is 0. The molecule has 1 aliphatic carbocycles. The predicted molar refractivity (Wildman–Crippen MR) is 52.7 cm³/mol. The van der Waals surface area contributed by atoms with Crippen molar-refractivity contribution in [3.63, 3.8) is 0 Å². The molecule has 0 aliphatic heterocycles. The van der Waals surface area contributed by atoms with E-state index in [-0.39, 0.29) is 0 Å². The van der Waals surface area contributed by atoms with E-state index in [1.165, 1.54) is 11.1 Å². The minimum Gasteiger partial charge on any atom is -0.379 e. The monoisotopic (exact) mass is 177 g/mol. The number of nitrogens with one attached hydrogen (secondary N) is 1. The van der Waals surface area contributed by atoms with E-state index in [2.05, 4.69) is 29.6 Å². The van der Waals surface area contributed by atoms with Crippen LogP contribution in [-0.4, -0.2) is 20.3 Å². The first-order chi connectivity index (χ1) is 6.36. The second-order valence-electron chi connectivity index (χ2n) is 3.44. The first kappa shape index (κ1) is 8.73. The normalized spacial score (nSPS) is 26.0. The van der Waals surface area contributed by atoms with Gasteiger partial charge in [0.15, 0.2) is 0 Å². The molecule has 0 saturated heterocycles. The molecule has 13 heavy (non-hydrogen) atoms. The zero-order valence-electron chi connectivity index (χ0n) is 8.08. The third-order valence-corrected chi connectivity index (χ3v) is 2.80. The van der Waals surface area contributed by atoms with Gasteiger partial charge in [0.2, 0.25) is 0 Å². The fraction of sp³-hybridized carbons (Fsp3) is 0.455. The van der Waals surface area contributed by atoms with Gasteiger partial charge >= 0.3 is 0 Å². The first-order valence-electron chi connectivity index (χ1n) is 4.64. The molecule has 1 N–H and O–H groups in total. The van der Waals surface area contributed by atoms with Gasteiger partial charge in [0.25, 0.3) is 0 Å². The molecule has 2 heteroatoms. The topological polar surface area (TPSA) is 21.3 Å². The van der Waals surface area contributed by atoms with Crippen LogP contribution in [0.4, 0.5) is 0 Å². The molecule has 1 aromatic carbocycles. The van der Waals surface area contributed by atoms with Gasteiger partial charge < -0.3 is 10.1 Å². The van der Waals surface area contributed by atoms with Crippen LogP contribution in [0.3, 0.4) is 0 Å². The minimum atomic E-state index is 0.294. The Morgan fingerprint density at radius 1 is 1.38 bits per heavy atom. The van der Waals surface area contributed by atoms with Crippen molar-refractivity contribution in [2.24, 2.45) is 0 Å². The summed E-state index contributed by atoms with van der Waals surface area (Å²) in [6, 6.07) is 8.89. The molecular weight excluding hydrogens is 162 g/mol. The predicted octanol–water partition coefficient (Wildman–Crippen LogP) is 1.52. The van der Waals surface area contributed by atoms with E-state index in [9.17, 15) is 0 Å². The molecule has 0 amide bonds. The lowest BCUT2D eigenvalue weighted by molar-refractivity contribution is 0.0815. The third-order valence-electron chi connectivity index (χ3n) is 2.80. The number of methoxy groups -OCH3 is 1. The molecule has 0 unspecified atom stereocenters. The summed E-state index contributed by atoms with van der Waals surface area (Å²) < 4.78 is 5.43. The van der Waals surface area contributed by atoms with Crippen molar-refractivity contribution in [1.29, 1.82) is 0 Å². The van der Waals surface area contributed by atoms with Gasteiger partial charge in [-0.15, -0.1) is 0 Å². The number of likely N-dealkylation sites (N-methyl/N-ethyl adjacent to an activating group) is 1. The average Bonchev–Trinajstić information content (AvgIpc) is 2.55. The Kier molecular flexibility index (Phi) is 2.34. The molecule has 1 aliphatic rings. The Bertz CT molecular complexity index is 298. The van der Waals surface area contributed by atoms with Crippen molar-refractivity contribution in [1.82, 2.24) is 5.32 Å². The molecule has 0 radical (unpaired) electrons. The van der Waals surface area contributed by atoms with Crippen molar-refractivity contribution in [3.05, 3.63) is 35.4 Å². The number of ether oxygens (including phenoxy) is 1. The molecule has 0 aromatic heterocycles. The van der Waals surface area contributed by atoms with Gasteiger partial charge in [0, 0.05) is 13.5 Å². The molecule has 2 atom stereocenters. The van der Waals surface area contributed by atoms with E-state index in [4.69, 9.17) is 4.74 Å². The lowest BCUT2D eigenvalue weighted by Crippen LogP contribution is -2.27. The molecule has 0 heterocycles. The summed E-state index contributed by atoms with van der Waals surface area (Å²) in [5, 5.41) is 3.30. The van der Waals surface area contributed by atoms with Crippen LogP contribution in [0.2, 0.25) is 0 Å². The van der Waals surface area contributed by atoms with Gasteiger partial charge in [-0.1, -0.05) is 24.3 Å². The Morgan fingerprint density at radius 2 is 2.15 bits per heavy atom. The number of hydrogen-bond donors (Lipinski definition) is 1. The molecule has 0 spiro atoms. The Morgan fingerprint density at radius 3 is 2.85 bits per heavy atom. The highest BCUT2D eigenvalue weighted by Gasteiger charge is 2.30. The van der Waals surface area contributed by atoms with Crippen molar-refractivity contribution in [2.45, 2.75) is 18.6 Å². The lowest BCUT2D eigenvalue weighted by atomic mass is 10.1. The number of rotatable bonds is 2. The van der Waals surface area contributed by atoms with Gasteiger partial charge in [-0.05, 0) is 18.2 Å². The van der Waals surface area contributed by atoms with E-state index in [1.807, 2.05) is 7.05 Å². The van der Waals surface area contributed by atoms with Gasteiger partial charge in [0.05, 0.1) is 12.1 Å². The van der Waals surface area contributed by atoms with Crippen molar-refractivity contribution in [2.75, 3.05) is 14.2 Å². The smallest absolute Gasteiger partial charge is 0.0806 e. The van der Waals surface area contributed by atoms with Crippen molar-refractivity contribution in [3.8, 4) is 0 Å². The van der Waals surface area contributed by atoms with Crippen LogP contribution in [0.25, 0.3) is 0 Å².